The molecule has 1 aliphatic heterocycles. The van der Waals surface area contributed by atoms with Gasteiger partial charge in [0.1, 0.15) is 5.21 Å². The number of hydrogen-bond acceptors (Lipinski definition) is 3. The van der Waals surface area contributed by atoms with Gasteiger partial charge in [0.15, 0.2) is 0 Å². The third kappa shape index (κ3) is 2.85. The molecule has 18 heavy (non-hydrogen) atoms. The Morgan fingerprint density at radius 3 is 2.56 bits per heavy atom. The van der Waals surface area contributed by atoms with Crippen LogP contribution in [0.5, 0.6) is 0 Å². The molecule has 0 radical (unpaired) electrons. The SMILES string of the molecule is CN1CCN(S(=O)(=O)CCl)C(c2ccccc2)C1. The molecule has 1 aliphatic rings. The van der Waals surface area contributed by atoms with E-state index in [1.165, 1.54) is 4.31 Å². The van der Waals surface area contributed by atoms with E-state index < -0.39 is 10.0 Å². The van der Waals surface area contributed by atoms with Crippen molar-refractivity contribution in [2.75, 3.05) is 31.9 Å². The molecule has 1 saturated heterocycles. The Balaban J connectivity index is 2.33. The smallest absolute Gasteiger partial charge is 0.228 e. The first-order chi connectivity index (χ1) is 8.54. The first-order valence-electron chi connectivity index (χ1n) is 5.83. The van der Waals surface area contributed by atoms with Gasteiger partial charge in [-0.3, -0.25) is 0 Å². The third-order valence-corrected chi connectivity index (χ3v) is 5.47. The molecule has 0 bridgehead atoms. The minimum absolute atomic E-state index is 0.145. The van der Waals surface area contributed by atoms with Crippen molar-refractivity contribution in [1.29, 1.82) is 0 Å². The Labute approximate surface area is 113 Å². The maximum atomic E-state index is 12.0. The number of halogens is 1. The third-order valence-electron chi connectivity index (χ3n) is 3.21. The van der Waals surface area contributed by atoms with Gasteiger partial charge in [-0.2, -0.15) is 4.31 Å². The van der Waals surface area contributed by atoms with Gasteiger partial charge in [0.2, 0.25) is 10.0 Å². The van der Waals surface area contributed by atoms with Gasteiger partial charge in [-0.15, -0.1) is 11.6 Å². The number of sulfonamides is 1. The Kier molecular flexibility index (Phi) is 4.27. The molecule has 0 spiro atoms. The molecular formula is C12H17ClN2O2S. The van der Waals surface area contributed by atoms with Crippen LogP contribution in [0.25, 0.3) is 0 Å². The minimum Gasteiger partial charge on any atom is -0.303 e. The molecule has 1 aromatic carbocycles. The maximum absolute atomic E-state index is 12.0. The van der Waals surface area contributed by atoms with Gasteiger partial charge in [0.25, 0.3) is 0 Å². The standard InChI is InChI=1S/C12H17ClN2O2S/c1-14-7-8-15(18(16,17)10-13)12(9-14)11-5-3-2-4-6-11/h2-6,12H,7-10H2,1H3. The summed E-state index contributed by atoms with van der Waals surface area (Å²) in [6.07, 6.45) is 0. The molecule has 4 nitrogen and oxygen atoms in total. The average Bonchev–Trinajstić information content (AvgIpc) is 2.39. The highest BCUT2D eigenvalue weighted by molar-refractivity contribution is 7.90. The number of rotatable bonds is 3. The van der Waals surface area contributed by atoms with E-state index in [-0.39, 0.29) is 11.3 Å². The molecular weight excluding hydrogens is 272 g/mol. The van der Waals surface area contributed by atoms with Crippen LogP contribution in [0.4, 0.5) is 0 Å². The van der Waals surface area contributed by atoms with Crippen LogP contribution in [0.3, 0.4) is 0 Å². The predicted molar refractivity (Wildman–Crippen MR) is 73.0 cm³/mol. The van der Waals surface area contributed by atoms with E-state index in [2.05, 4.69) is 4.90 Å². The van der Waals surface area contributed by atoms with Crippen LogP contribution in [0, 0.1) is 0 Å². The second kappa shape index (κ2) is 5.57. The summed E-state index contributed by atoms with van der Waals surface area (Å²) < 4.78 is 25.6. The maximum Gasteiger partial charge on any atom is 0.228 e. The molecule has 1 unspecified atom stereocenters. The van der Waals surface area contributed by atoms with E-state index in [0.29, 0.717) is 13.1 Å². The summed E-state index contributed by atoms with van der Waals surface area (Å²) in [7, 11) is -1.37. The van der Waals surface area contributed by atoms with Crippen LogP contribution in [-0.2, 0) is 10.0 Å². The highest BCUT2D eigenvalue weighted by Crippen LogP contribution is 2.27. The van der Waals surface area contributed by atoms with Gasteiger partial charge in [0, 0.05) is 19.6 Å². The fraction of sp³-hybridized carbons (Fsp3) is 0.500. The molecule has 6 heteroatoms. The zero-order valence-corrected chi connectivity index (χ0v) is 11.9. The summed E-state index contributed by atoms with van der Waals surface area (Å²) in [5.41, 5.74) is 1.01. The van der Waals surface area contributed by atoms with Gasteiger partial charge in [-0.25, -0.2) is 8.42 Å². The highest BCUT2D eigenvalue weighted by Gasteiger charge is 2.34. The van der Waals surface area contributed by atoms with Crippen LogP contribution in [0.1, 0.15) is 11.6 Å². The lowest BCUT2D eigenvalue weighted by Crippen LogP contribution is -2.49. The molecule has 1 fully saturated rings. The fourth-order valence-electron chi connectivity index (χ4n) is 2.25. The fourth-order valence-corrected chi connectivity index (χ4v) is 3.68. The molecule has 1 aromatic rings. The molecule has 1 atom stereocenters. The zero-order chi connectivity index (χ0) is 13.2. The average molecular weight is 289 g/mol. The van der Waals surface area contributed by atoms with E-state index in [0.717, 1.165) is 12.1 Å². The van der Waals surface area contributed by atoms with Gasteiger partial charge >= 0.3 is 0 Å². The Hall–Kier alpha value is -0.620. The van der Waals surface area contributed by atoms with Crippen LogP contribution >= 0.6 is 11.6 Å². The van der Waals surface area contributed by atoms with Crippen molar-refractivity contribution in [2.45, 2.75) is 6.04 Å². The number of hydrogen-bond donors (Lipinski definition) is 0. The molecule has 0 saturated carbocycles. The van der Waals surface area contributed by atoms with E-state index in [1.54, 1.807) is 0 Å². The van der Waals surface area contributed by atoms with Gasteiger partial charge in [0.05, 0.1) is 6.04 Å². The molecule has 0 N–H and O–H groups in total. The largest absolute Gasteiger partial charge is 0.303 e. The Morgan fingerprint density at radius 2 is 1.94 bits per heavy atom. The predicted octanol–water partition coefficient (Wildman–Crippen LogP) is 1.50. The van der Waals surface area contributed by atoms with E-state index in [9.17, 15) is 8.42 Å². The first kappa shape index (κ1) is 13.8. The van der Waals surface area contributed by atoms with Gasteiger partial charge < -0.3 is 4.90 Å². The lowest BCUT2D eigenvalue weighted by atomic mass is 10.1. The van der Waals surface area contributed by atoms with E-state index in [1.807, 2.05) is 37.4 Å². The Bertz CT molecular complexity index is 492. The number of benzene rings is 1. The number of likely N-dealkylation sites (N-methyl/N-ethyl adjacent to an activating group) is 1. The summed E-state index contributed by atoms with van der Waals surface area (Å²) >= 11 is 5.57. The lowest BCUT2D eigenvalue weighted by molar-refractivity contribution is 0.161. The summed E-state index contributed by atoms with van der Waals surface area (Å²) in [5, 5.41) is -0.361. The van der Waals surface area contributed by atoms with Gasteiger partial charge in [-0.05, 0) is 12.6 Å². The minimum atomic E-state index is -3.37. The molecule has 2 rings (SSSR count). The van der Waals surface area contributed by atoms with Crippen LogP contribution in [0.2, 0.25) is 0 Å². The number of nitrogens with zero attached hydrogens (tertiary/aromatic N) is 2. The number of piperazine rings is 1. The van der Waals surface area contributed by atoms with Crippen molar-refractivity contribution < 1.29 is 8.42 Å². The lowest BCUT2D eigenvalue weighted by Gasteiger charge is -2.38. The first-order valence-corrected chi connectivity index (χ1v) is 7.98. The highest BCUT2D eigenvalue weighted by atomic mass is 35.5. The number of alkyl halides is 1. The van der Waals surface area contributed by atoms with Crippen molar-refractivity contribution >= 4 is 21.6 Å². The zero-order valence-electron chi connectivity index (χ0n) is 10.3. The van der Waals surface area contributed by atoms with Crippen molar-refractivity contribution in [1.82, 2.24) is 9.21 Å². The van der Waals surface area contributed by atoms with Crippen molar-refractivity contribution in [3.05, 3.63) is 35.9 Å². The second-order valence-electron chi connectivity index (χ2n) is 4.52. The van der Waals surface area contributed by atoms with E-state index in [4.69, 9.17) is 11.6 Å². The normalized spacial score (nSPS) is 23.1. The molecule has 0 aliphatic carbocycles. The summed E-state index contributed by atoms with van der Waals surface area (Å²) in [4.78, 5) is 2.14. The quantitative estimate of drug-likeness (QED) is 0.792. The van der Waals surface area contributed by atoms with Crippen LogP contribution in [0.15, 0.2) is 30.3 Å². The van der Waals surface area contributed by atoms with E-state index >= 15 is 0 Å². The summed E-state index contributed by atoms with van der Waals surface area (Å²) in [5.74, 6) is 0. The van der Waals surface area contributed by atoms with Crippen molar-refractivity contribution in [3.8, 4) is 0 Å². The summed E-state index contributed by atoms with van der Waals surface area (Å²) in [6.45, 7) is 1.92. The summed E-state index contributed by atoms with van der Waals surface area (Å²) in [6, 6.07) is 9.55. The van der Waals surface area contributed by atoms with Gasteiger partial charge in [-0.1, -0.05) is 30.3 Å². The van der Waals surface area contributed by atoms with Crippen LogP contribution in [-0.4, -0.2) is 49.5 Å². The molecule has 0 amide bonds. The van der Waals surface area contributed by atoms with Crippen molar-refractivity contribution in [3.63, 3.8) is 0 Å². The monoisotopic (exact) mass is 288 g/mol. The molecule has 1 heterocycles. The topological polar surface area (TPSA) is 40.6 Å². The van der Waals surface area contributed by atoms with Crippen LogP contribution < -0.4 is 0 Å². The molecule has 100 valence electrons. The van der Waals surface area contributed by atoms with Crippen molar-refractivity contribution in [2.24, 2.45) is 0 Å². The Morgan fingerprint density at radius 1 is 1.28 bits per heavy atom. The second-order valence-corrected chi connectivity index (χ2v) is 7.03. The molecule has 0 aromatic heterocycles.